The molecule has 4 nitrogen and oxygen atoms in total. The molecule has 0 atom stereocenters. The number of ether oxygens (including phenoxy) is 3. The predicted octanol–water partition coefficient (Wildman–Crippen LogP) is 1.11. The molecular formula is C11H23NO3. The minimum atomic E-state index is 0.435. The van der Waals surface area contributed by atoms with E-state index in [1.165, 1.54) is 6.42 Å². The molecule has 0 bridgehead atoms. The van der Waals surface area contributed by atoms with Crippen molar-refractivity contribution in [2.24, 2.45) is 0 Å². The summed E-state index contributed by atoms with van der Waals surface area (Å²) in [5.41, 5.74) is 0. The molecule has 0 amide bonds. The van der Waals surface area contributed by atoms with Gasteiger partial charge >= 0.3 is 0 Å². The van der Waals surface area contributed by atoms with E-state index < -0.39 is 0 Å². The van der Waals surface area contributed by atoms with Crippen molar-refractivity contribution in [2.45, 2.75) is 19.8 Å². The van der Waals surface area contributed by atoms with Crippen molar-refractivity contribution in [3.05, 3.63) is 0 Å². The second-order valence-corrected chi connectivity index (χ2v) is 3.74. The summed E-state index contributed by atoms with van der Waals surface area (Å²) in [7, 11) is 0. The van der Waals surface area contributed by atoms with Crippen LogP contribution in [0.2, 0.25) is 0 Å². The summed E-state index contributed by atoms with van der Waals surface area (Å²) in [5, 5.41) is 0. The van der Waals surface area contributed by atoms with Gasteiger partial charge in [-0.2, -0.15) is 0 Å². The molecule has 0 aromatic rings. The molecular weight excluding hydrogens is 194 g/mol. The quantitative estimate of drug-likeness (QED) is 0.450. The maximum atomic E-state index is 5.38. The van der Waals surface area contributed by atoms with Gasteiger partial charge in [0.1, 0.15) is 6.79 Å². The van der Waals surface area contributed by atoms with Gasteiger partial charge in [0.2, 0.25) is 0 Å². The van der Waals surface area contributed by atoms with Gasteiger partial charge in [0.25, 0.3) is 0 Å². The molecule has 0 saturated carbocycles. The summed E-state index contributed by atoms with van der Waals surface area (Å²) in [5.74, 6) is 0. The van der Waals surface area contributed by atoms with Gasteiger partial charge < -0.3 is 14.2 Å². The highest BCUT2D eigenvalue weighted by molar-refractivity contribution is 4.60. The van der Waals surface area contributed by atoms with Crippen LogP contribution in [0.15, 0.2) is 0 Å². The highest BCUT2D eigenvalue weighted by atomic mass is 16.7. The lowest BCUT2D eigenvalue weighted by Gasteiger charge is -2.26. The number of morpholine rings is 1. The van der Waals surface area contributed by atoms with Gasteiger partial charge in [0.15, 0.2) is 0 Å². The van der Waals surface area contributed by atoms with E-state index >= 15 is 0 Å². The second kappa shape index (κ2) is 9.09. The zero-order valence-electron chi connectivity index (χ0n) is 9.74. The summed E-state index contributed by atoms with van der Waals surface area (Å²) >= 11 is 0. The third-order valence-corrected chi connectivity index (χ3v) is 2.46. The molecule has 1 fully saturated rings. The standard InChI is InChI=1S/C11H23NO3/c1-2-3-7-14-11-15-10-6-12-4-8-13-9-5-12/h2-11H2,1H3. The molecule has 15 heavy (non-hydrogen) atoms. The Hall–Kier alpha value is -0.160. The Morgan fingerprint density at radius 1 is 1.13 bits per heavy atom. The van der Waals surface area contributed by atoms with Gasteiger partial charge in [0, 0.05) is 26.2 Å². The first-order valence-electron chi connectivity index (χ1n) is 5.89. The molecule has 1 heterocycles. The molecule has 0 aromatic heterocycles. The van der Waals surface area contributed by atoms with Gasteiger partial charge in [-0.25, -0.2) is 0 Å². The minimum Gasteiger partial charge on any atom is -0.379 e. The zero-order valence-corrected chi connectivity index (χ0v) is 9.74. The number of nitrogens with zero attached hydrogens (tertiary/aromatic N) is 1. The molecule has 0 spiro atoms. The third kappa shape index (κ3) is 6.84. The Bertz CT molecular complexity index is 138. The Kier molecular flexibility index (Phi) is 7.83. The van der Waals surface area contributed by atoms with E-state index in [2.05, 4.69) is 11.8 Å². The Morgan fingerprint density at radius 2 is 1.87 bits per heavy atom. The van der Waals surface area contributed by atoms with Gasteiger partial charge in [-0.1, -0.05) is 13.3 Å². The first kappa shape index (κ1) is 12.9. The fraction of sp³-hybridized carbons (Fsp3) is 1.00. The van der Waals surface area contributed by atoms with Gasteiger partial charge in [-0.15, -0.1) is 0 Å². The van der Waals surface area contributed by atoms with Crippen LogP contribution in [-0.4, -0.2) is 57.8 Å². The van der Waals surface area contributed by atoms with Crippen molar-refractivity contribution >= 4 is 0 Å². The van der Waals surface area contributed by atoms with Crippen LogP contribution in [0.3, 0.4) is 0 Å². The minimum absolute atomic E-state index is 0.435. The van der Waals surface area contributed by atoms with E-state index in [-0.39, 0.29) is 0 Å². The van der Waals surface area contributed by atoms with E-state index in [4.69, 9.17) is 14.2 Å². The van der Waals surface area contributed by atoms with Crippen LogP contribution in [0.1, 0.15) is 19.8 Å². The van der Waals surface area contributed by atoms with E-state index in [9.17, 15) is 0 Å². The lowest BCUT2D eigenvalue weighted by atomic mass is 10.4. The normalized spacial score (nSPS) is 18.2. The molecule has 1 aliphatic rings. The molecule has 4 heteroatoms. The number of hydrogen-bond acceptors (Lipinski definition) is 4. The Labute approximate surface area is 92.5 Å². The molecule has 0 aromatic carbocycles. The summed E-state index contributed by atoms with van der Waals surface area (Å²) < 4.78 is 15.9. The van der Waals surface area contributed by atoms with Crippen molar-refractivity contribution in [1.29, 1.82) is 0 Å². The van der Waals surface area contributed by atoms with Crippen LogP contribution in [0.25, 0.3) is 0 Å². The van der Waals surface area contributed by atoms with Gasteiger partial charge in [-0.3, -0.25) is 4.90 Å². The van der Waals surface area contributed by atoms with Crippen molar-refractivity contribution in [3.63, 3.8) is 0 Å². The van der Waals surface area contributed by atoms with E-state index in [1.54, 1.807) is 0 Å². The van der Waals surface area contributed by atoms with Crippen LogP contribution in [0.4, 0.5) is 0 Å². The van der Waals surface area contributed by atoms with E-state index in [0.717, 1.165) is 52.5 Å². The van der Waals surface area contributed by atoms with E-state index in [1.807, 2.05) is 0 Å². The van der Waals surface area contributed by atoms with Crippen LogP contribution < -0.4 is 0 Å². The van der Waals surface area contributed by atoms with Crippen molar-refractivity contribution in [3.8, 4) is 0 Å². The number of unbranched alkanes of at least 4 members (excludes halogenated alkanes) is 1. The van der Waals surface area contributed by atoms with Crippen LogP contribution in [-0.2, 0) is 14.2 Å². The highest BCUT2D eigenvalue weighted by Gasteiger charge is 2.08. The monoisotopic (exact) mass is 217 g/mol. The Balaban J connectivity index is 1.79. The first-order valence-corrected chi connectivity index (χ1v) is 5.89. The second-order valence-electron chi connectivity index (χ2n) is 3.74. The maximum Gasteiger partial charge on any atom is 0.146 e. The molecule has 1 aliphatic heterocycles. The van der Waals surface area contributed by atoms with Crippen LogP contribution >= 0.6 is 0 Å². The number of hydrogen-bond donors (Lipinski definition) is 0. The van der Waals surface area contributed by atoms with Crippen molar-refractivity contribution in [1.82, 2.24) is 4.90 Å². The highest BCUT2D eigenvalue weighted by Crippen LogP contribution is 1.96. The Morgan fingerprint density at radius 3 is 2.60 bits per heavy atom. The average Bonchev–Trinajstić information content (AvgIpc) is 2.29. The van der Waals surface area contributed by atoms with Crippen LogP contribution in [0.5, 0.6) is 0 Å². The first-order chi connectivity index (χ1) is 7.43. The summed E-state index contributed by atoms with van der Waals surface area (Å²) in [6.45, 7) is 8.91. The molecule has 0 N–H and O–H groups in total. The van der Waals surface area contributed by atoms with E-state index in [0.29, 0.717) is 6.79 Å². The lowest BCUT2D eigenvalue weighted by Crippen LogP contribution is -2.38. The molecule has 90 valence electrons. The van der Waals surface area contributed by atoms with Crippen molar-refractivity contribution < 1.29 is 14.2 Å². The smallest absolute Gasteiger partial charge is 0.146 e. The average molecular weight is 217 g/mol. The summed E-state index contributed by atoms with van der Waals surface area (Å²) in [6.07, 6.45) is 2.29. The largest absolute Gasteiger partial charge is 0.379 e. The van der Waals surface area contributed by atoms with Gasteiger partial charge in [-0.05, 0) is 6.42 Å². The van der Waals surface area contributed by atoms with Crippen LogP contribution in [0, 0.1) is 0 Å². The molecule has 0 unspecified atom stereocenters. The maximum absolute atomic E-state index is 5.38. The molecule has 1 saturated heterocycles. The third-order valence-electron chi connectivity index (χ3n) is 2.46. The topological polar surface area (TPSA) is 30.9 Å². The van der Waals surface area contributed by atoms with Gasteiger partial charge in [0.05, 0.1) is 19.8 Å². The zero-order chi connectivity index (χ0) is 10.8. The molecule has 0 radical (unpaired) electrons. The number of rotatable bonds is 8. The summed E-state index contributed by atoms with van der Waals surface area (Å²) in [4.78, 5) is 2.36. The summed E-state index contributed by atoms with van der Waals surface area (Å²) in [6, 6.07) is 0. The predicted molar refractivity (Wildman–Crippen MR) is 58.9 cm³/mol. The lowest BCUT2D eigenvalue weighted by molar-refractivity contribution is -0.0640. The SMILES string of the molecule is CCCCOCOCCN1CCOCC1. The molecule has 0 aliphatic carbocycles. The van der Waals surface area contributed by atoms with Crippen molar-refractivity contribution in [2.75, 3.05) is 52.9 Å². The fourth-order valence-corrected chi connectivity index (χ4v) is 1.44. The fourth-order valence-electron chi connectivity index (χ4n) is 1.44. The molecule has 1 rings (SSSR count).